The van der Waals surface area contributed by atoms with Crippen molar-refractivity contribution in [1.82, 2.24) is 5.32 Å². The van der Waals surface area contributed by atoms with E-state index in [9.17, 15) is 0 Å². The van der Waals surface area contributed by atoms with Crippen molar-refractivity contribution in [3.05, 3.63) is 45.6 Å². The summed E-state index contributed by atoms with van der Waals surface area (Å²) in [6.07, 6.45) is 0.674. The second-order valence-corrected chi connectivity index (χ2v) is 5.52. The Balaban J connectivity index is 2.64. The Morgan fingerprint density at radius 1 is 1.43 bits per heavy atom. The summed E-state index contributed by atoms with van der Waals surface area (Å²) in [5.74, 6) is 6.93. The number of methoxy groups -OCH3 is 1. The molecule has 1 rings (SSSR count). The lowest BCUT2D eigenvalue weighted by Gasteiger charge is -2.08. The maximum absolute atomic E-state index is 6.07. The van der Waals surface area contributed by atoms with Gasteiger partial charge in [0.2, 0.25) is 0 Å². The van der Waals surface area contributed by atoms with E-state index < -0.39 is 0 Å². The minimum atomic E-state index is 0.446. The van der Waals surface area contributed by atoms with Crippen molar-refractivity contribution in [3.8, 4) is 11.8 Å². The third kappa shape index (κ3) is 6.35. The summed E-state index contributed by atoms with van der Waals surface area (Å²) in [6, 6.07) is 6.18. The highest BCUT2D eigenvalue weighted by atomic mass is 35.5. The van der Waals surface area contributed by atoms with Gasteiger partial charge in [0.15, 0.2) is 0 Å². The van der Waals surface area contributed by atoms with Crippen molar-refractivity contribution in [2.24, 2.45) is 10.7 Å². The van der Waals surface area contributed by atoms with E-state index in [0.717, 1.165) is 11.1 Å². The lowest BCUT2D eigenvalue weighted by Crippen LogP contribution is -2.26. The number of hydrogen-bond acceptors (Lipinski definition) is 3. The van der Waals surface area contributed by atoms with Crippen molar-refractivity contribution in [2.75, 3.05) is 20.7 Å². The van der Waals surface area contributed by atoms with Crippen LogP contribution in [-0.2, 0) is 11.3 Å². The lowest BCUT2D eigenvalue weighted by atomic mass is 10.1. The maximum Gasteiger partial charge on any atom is 0.141 e. The molecule has 0 bridgehead atoms. The Labute approximate surface area is 143 Å². The molecule has 0 unspecified atom stereocenters. The molecular weight excluding hydrogens is 310 g/mol. The Kier molecular flexibility index (Phi) is 8.25. The average molecular weight is 334 g/mol. The highest BCUT2D eigenvalue weighted by Crippen LogP contribution is 2.12. The molecule has 0 atom stereocenters. The summed E-state index contributed by atoms with van der Waals surface area (Å²) >= 11 is 6.07. The smallest absolute Gasteiger partial charge is 0.141 e. The molecule has 0 saturated heterocycles. The van der Waals surface area contributed by atoms with E-state index in [4.69, 9.17) is 22.1 Å². The lowest BCUT2D eigenvalue weighted by molar-refractivity contribution is 0.184. The fraction of sp³-hybridized carbons (Fsp3) is 0.389. The fourth-order valence-corrected chi connectivity index (χ4v) is 2.11. The van der Waals surface area contributed by atoms with E-state index in [0.29, 0.717) is 36.1 Å². The normalized spacial score (nSPS) is 12.3. The molecule has 0 aromatic heterocycles. The zero-order chi connectivity index (χ0) is 17.2. The first-order chi connectivity index (χ1) is 11.0. The van der Waals surface area contributed by atoms with Crippen molar-refractivity contribution in [1.29, 1.82) is 0 Å². The second-order valence-electron chi connectivity index (χ2n) is 5.14. The fourth-order valence-electron chi connectivity index (χ4n) is 1.96. The maximum atomic E-state index is 6.07. The topological polar surface area (TPSA) is 59.6 Å². The van der Waals surface area contributed by atoms with Crippen LogP contribution in [0.2, 0.25) is 0 Å². The first kappa shape index (κ1) is 19.1. The molecule has 5 heteroatoms. The van der Waals surface area contributed by atoms with E-state index >= 15 is 0 Å². The molecule has 0 aliphatic heterocycles. The molecule has 1 aromatic rings. The van der Waals surface area contributed by atoms with Gasteiger partial charge in [-0.15, -0.1) is 0 Å². The number of halogens is 1. The van der Waals surface area contributed by atoms with Gasteiger partial charge in [-0.3, -0.25) is 4.99 Å². The van der Waals surface area contributed by atoms with Crippen LogP contribution < -0.4 is 11.1 Å². The molecule has 0 heterocycles. The number of rotatable bonds is 5. The highest BCUT2D eigenvalue weighted by molar-refractivity contribution is 6.43. The van der Waals surface area contributed by atoms with Crippen molar-refractivity contribution < 1.29 is 4.74 Å². The summed E-state index contributed by atoms with van der Waals surface area (Å²) in [5, 5.41) is 3.58. The van der Waals surface area contributed by atoms with Crippen molar-refractivity contribution in [3.63, 3.8) is 0 Å². The van der Waals surface area contributed by atoms with E-state index in [1.807, 2.05) is 6.07 Å². The Hall–Kier alpha value is -1.96. The molecule has 124 valence electrons. The van der Waals surface area contributed by atoms with E-state index in [1.54, 1.807) is 21.1 Å². The van der Waals surface area contributed by atoms with Gasteiger partial charge >= 0.3 is 0 Å². The second kappa shape index (κ2) is 9.94. The van der Waals surface area contributed by atoms with E-state index in [-0.39, 0.29) is 0 Å². The molecule has 0 radical (unpaired) electrons. The van der Waals surface area contributed by atoms with Gasteiger partial charge in [-0.05, 0) is 25.5 Å². The summed E-state index contributed by atoms with van der Waals surface area (Å²) in [5.41, 5.74) is 9.50. The molecule has 0 saturated carbocycles. The molecule has 0 fully saturated rings. The molecule has 3 N–H and O–H groups in total. The van der Waals surface area contributed by atoms with Gasteiger partial charge in [0, 0.05) is 38.4 Å². The number of nitrogens with one attached hydrogen (secondary N) is 1. The minimum Gasteiger partial charge on any atom is -0.401 e. The van der Waals surface area contributed by atoms with Crippen LogP contribution in [0.4, 0.5) is 0 Å². The van der Waals surface area contributed by atoms with Crippen LogP contribution in [0.25, 0.3) is 0 Å². The number of aliphatic imine (C=N–C) groups is 1. The van der Waals surface area contributed by atoms with E-state index in [2.05, 4.69) is 41.2 Å². The van der Waals surface area contributed by atoms with E-state index in [1.165, 1.54) is 5.56 Å². The Morgan fingerprint density at radius 2 is 2.17 bits per heavy atom. The highest BCUT2D eigenvalue weighted by Gasteiger charge is 2.04. The minimum absolute atomic E-state index is 0.446. The number of allylic oxidation sites excluding steroid dienone is 1. The van der Waals surface area contributed by atoms with Gasteiger partial charge in [0.1, 0.15) is 10.9 Å². The van der Waals surface area contributed by atoms with Gasteiger partial charge in [0.05, 0.1) is 6.61 Å². The van der Waals surface area contributed by atoms with Crippen LogP contribution in [0.15, 0.2) is 33.9 Å². The summed E-state index contributed by atoms with van der Waals surface area (Å²) in [7, 11) is 3.36. The number of benzene rings is 1. The zero-order valence-electron chi connectivity index (χ0n) is 14.2. The summed E-state index contributed by atoms with van der Waals surface area (Å²) in [4.78, 5) is 4.08. The molecule has 0 amide bonds. The first-order valence-corrected chi connectivity index (χ1v) is 7.77. The molecule has 0 spiro atoms. The van der Waals surface area contributed by atoms with Gasteiger partial charge in [-0.25, -0.2) is 0 Å². The Morgan fingerprint density at radius 3 is 2.78 bits per heavy atom. The molecule has 1 aromatic carbocycles. The van der Waals surface area contributed by atoms with Crippen LogP contribution in [0.3, 0.4) is 0 Å². The number of aryl methyl sites for hydroxylation is 1. The number of amidine groups is 1. The van der Waals surface area contributed by atoms with Gasteiger partial charge < -0.3 is 15.8 Å². The Bertz CT molecular complexity index is 650. The molecule has 0 aliphatic rings. The number of hydrogen-bond donors (Lipinski definition) is 2. The summed E-state index contributed by atoms with van der Waals surface area (Å²) in [6.45, 7) is 5.01. The first-order valence-electron chi connectivity index (χ1n) is 7.39. The molecular formula is C18H24ClN3O. The molecule has 4 nitrogen and oxygen atoms in total. The van der Waals surface area contributed by atoms with Gasteiger partial charge in [-0.1, -0.05) is 41.1 Å². The number of nitrogens with two attached hydrogens (primary N) is 1. The van der Waals surface area contributed by atoms with Crippen LogP contribution in [0.5, 0.6) is 0 Å². The van der Waals surface area contributed by atoms with Crippen LogP contribution >= 0.6 is 11.6 Å². The van der Waals surface area contributed by atoms with Gasteiger partial charge in [-0.2, -0.15) is 0 Å². The number of ether oxygens (including phenoxy) is 1. The summed E-state index contributed by atoms with van der Waals surface area (Å²) < 4.78 is 5.22. The SMILES string of the molecule is CN=C(NCCC#Cc1ccc(C)cc1COC)C(Cl)=C(C)N. The van der Waals surface area contributed by atoms with Crippen LogP contribution in [0, 0.1) is 18.8 Å². The van der Waals surface area contributed by atoms with Crippen molar-refractivity contribution in [2.45, 2.75) is 26.9 Å². The monoisotopic (exact) mass is 333 g/mol. The number of nitrogens with zero attached hydrogens (tertiary/aromatic N) is 1. The standard InChI is InChI=1S/C18H24ClN3O/c1-13-8-9-15(16(11-13)12-23-4)7-5-6-10-22-18(21-3)17(19)14(2)20/h8-9,11H,6,10,12,20H2,1-4H3,(H,21,22). The van der Waals surface area contributed by atoms with Crippen molar-refractivity contribution >= 4 is 17.4 Å². The molecule has 23 heavy (non-hydrogen) atoms. The van der Waals surface area contributed by atoms with Gasteiger partial charge in [0.25, 0.3) is 0 Å². The predicted molar refractivity (Wildman–Crippen MR) is 97.5 cm³/mol. The third-order valence-electron chi connectivity index (χ3n) is 3.10. The van der Waals surface area contributed by atoms with Crippen LogP contribution in [-0.4, -0.2) is 26.5 Å². The third-order valence-corrected chi connectivity index (χ3v) is 3.58. The quantitative estimate of drug-likeness (QED) is 0.377. The average Bonchev–Trinajstić information content (AvgIpc) is 2.52. The molecule has 0 aliphatic carbocycles. The predicted octanol–water partition coefficient (Wildman–Crippen LogP) is 2.93. The largest absolute Gasteiger partial charge is 0.401 e. The zero-order valence-corrected chi connectivity index (χ0v) is 14.9. The van der Waals surface area contributed by atoms with Crippen LogP contribution in [0.1, 0.15) is 30.0 Å².